The summed E-state index contributed by atoms with van der Waals surface area (Å²) in [5.74, 6) is -0.368. The lowest BCUT2D eigenvalue weighted by Crippen LogP contribution is -2.48. The number of anilines is 1. The van der Waals surface area contributed by atoms with E-state index in [1.165, 1.54) is 10.4 Å². The zero-order valence-electron chi connectivity index (χ0n) is 19.8. The Balaban J connectivity index is 1.52. The van der Waals surface area contributed by atoms with E-state index in [1.54, 1.807) is 17.9 Å². The number of sulfonamides is 1. The van der Waals surface area contributed by atoms with Crippen LogP contribution in [0.1, 0.15) is 48.6 Å². The Morgan fingerprint density at radius 3 is 2.47 bits per heavy atom. The predicted octanol–water partition coefficient (Wildman–Crippen LogP) is 3.01. The SMILES string of the molecule is CC(=O)N1CCN(c2ccc(CN3[C@@H](C)CCC(c4cccc(CN)c4)S3(=O)=O)c(F)c2)CC1. The Morgan fingerprint density at radius 2 is 1.82 bits per heavy atom. The van der Waals surface area contributed by atoms with Crippen molar-refractivity contribution >= 4 is 21.6 Å². The molecule has 2 aromatic carbocycles. The highest BCUT2D eigenvalue weighted by atomic mass is 32.2. The maximum atomic E-state index is 15.1. The molecule has 2 fully saturated rings. The normalized spacial score (nSPS) is 23.2. The smallest absolute Gasteiger partial charge is 0.221 e. The number of piperazine rings is 1. The number of hydrogen-bond donors (Lipinski definition) is 1. The number of rotatable bonds is 5. The number of hydrogen-bond acceptors (Lipinski definition) is 5. The van der Waals surface area contributed by atoms with Gasteiger partial charge in [0.05, 0.1) is 0 Å². The third-order valence-corrected chi connectivity index (χ3v) is 9.41. The van der Waals surface area contributed by atoms with Gasteiger partial charge in [0.1, 0.15) is 11.1 Å². The summed E-state index contributed by atoms with van der Waals surface area (Å²) >= 11 is 0. The van der Waals surface area contributed by atoms with Gasteiger partial charge in [-0.15, -0.1) is 0 Å². The van der Waals surface area contributed by atoms with Gasteiger partial charge in [-0.3, -0.25) is 4.79 Å². The van der Waals surface area contributed by atoms with E-state index < -0.39 is 21.1 Å². The van der Waals surface area contributed by atoms with Crippen LogP contribution in [0.4, 0.5) is 10.1 Å². The number of carbonyl (C=O) groups excluding carboxylic acids is 1. The highest BCUT2D eigenvalue weighted by Crippen LogP contribution is 2.38. The van der Waals surface area contributed by atoms with Gasteiger partial charge in [0.2, 0.25) is 15.9 Å². The average molecular weight is 489 g/mol. The minimum atomic E-state index is -3.67. The molecule has 2 heterocycles. The summed E-state index contributed by atoms with van der Waals surface area (Å²) in [7, 11) is -3.67. The fourth-order valence-electron chi connectivity index (χ4n) is 4.91. The minimum absolute atomic E-state index is 0.000801. The van der Waals surface area contributed by atoms with Crippen LogP contribution in [0.2, 0.25) is 0 Å². The van der Waals surface area contributed by atoms with E-state index in [-0.39, 0.29) is 18.5 Å². The molecule has 2 aliphatic rings. The van der Waals surface area contributed by atoms with E-state index in [0.717, 1.165) is 16.8 Å². The second kappa shape index (κ2) is 10.0. The third kappa shape index (κ3) is 4.96. The lowest BCUT2D eigenvalue weighted by molar-refractivity contribution is -0.129. The van der Waals surface area contributed by atoms with Crippen LogP contribution in [-0.4, -0.2) is 55.8 Å². The first kappa shape index (κ1) is 24.6. The molecule has 0 aliphatic carbocycles. The molecule has 2 N–H and O–H groups in total. The molecule has 0 radical (unpaired) electrons. The fourth-order valence-corrected chi connectivity index (χ4v) is 7.09. The molecule has 1 unspecified atom stereocenters. The highest BCUT2D eigenvalue weighted by Gasteiger charge is 2.40. The van der Waals surface area contributed by atoms with Gasteiger partial charge in [-0.1, -0.05) is 30.3 Å². The largest absolute Gasteiger partial charge is 0.368 e. The highest BCUT2D eigenvalue weighted by molar-refractivity contribution is 7.89. The summed E-state index contributed by atoms with van der Waals surface area (Å²) in [5, 5.41) is -0.657. The van der Waals surface area contributed by atoms with Crippen molar-refractivity contribution in [3.63, 3.8) is 0 Å². The van der Waals surface area contributed by atoms with Crippen molar-refractivity contribution in [2.24, 2.45) is 5.73 Å². The number of carbonyl (C=O) groups is 1. The summed E-state index contributed by atoms with van der Waals surface area (Å²) in [6, 6.07) is 12.2. The topological polar surface area (TPSA) is 86.9 Å². The summed E-state index contributed by atoms with van der Waals surface area (Å²) in [6.45, 7) is 6.27. The molecule has 0 aromatic heterocycles. The number of amides is 1. The molecule has 2 aromatic rings. The molecule has 0 bridgehead atoms. The molecule has 0 saturated carbocycles. The van der Waals surface area contributed by atoms with Crippen LogP contribution in [-0.2, 0) is 27.9 Å². The van der Waals surface area contributed by atoms with E-state index in [4.69, 9.17) is 5.73 Å². The quantitative estimate of drug-likeness (QED) is 0.699. The zero-order chi connectivity index (χ0) is 24.5. The number of benzene rings is 2. The molecule has 2 atom stereocenters. The molecule has 9 heteroatoms. The third-order valence-electron chi connectivity index (χ3n) is 7.04. The molecule has 2 aliphatic heterocycles. The average Bonchev–Trinajstić information content (AvgIpc) is 2.82. The van der Waals surface area contributed by atoms with Gasteiger partial charge in [0.15, 0.2) is 0 Å². The maximum absolute atomic E-state index is 15.1. The summed E-state index contributed by atoms with van der Waals surface area (Å²) in [4.78, 5) is 15.4. The molecule has 184 valence electrons. The molecule has 1 amide bonds. The van der Waals surface area contributed by atoms with Crippen molar-refractivity contribution in [3.8, 4) is 0 Å². The monoisotopic (exact) mass is 488 g/mol. The van der Waals surface area contributed by atoms with Gasteiger partial charge >= 0.3 is 0 Å². The van der Waals surface area contributed by atoms with Crippen LogP contribution in [0.5, 0.6) is 0 Å². The van der Waals surface area contributed by atoms with Gasteiger partial charge in [0.25, 0.3) is 0 Å². The van der Waals surface area contributed by atoms with Gasteiger partial charge < -0.3 is 15.5 Å². The van der Waals surface area contributed by atoms with Crippen LogP contribution in [0.25, 0.3) is 0 Å². The zero-order valence-corrected chi connectivity index (χ0v) is 20.6. The predicted molar refractivity (Wildman–Crippen MR) is 131 cm³/mol. The minimum Gasteiger partial charge on any atom is -0.368 e. The lowest BCUT2D eigenvalue weighted by atomic mass is 10.0. The lowest BCUT2D eigenvalue weighted by Gasteiger charge is -2.38. The molecule has 4 rings (SSSR count). The molecular formula is C25H33FN4O3S. The van der Waals surface area contributed by atoms with E-state index in [1.807, 2.05) is 42.2 Å². The second-order valence-electron chi connectivity index (χ2n) is 9.22. The van der Waals surface area contributed by atoms with Crippen molar-refractivity contribution in [1.29, 1.82) is 0 Å². The Labute approximate surface area is 201 Å². The first-order chi connectivity index (χ1) is 16.2. The molecule has 34 heavy (non-hydrogen) atoms. The van der Waals surface area contributed by atoms with Gasteiger partial charge in [-0.2, -0.15) is 4.31 Å². The Hall–Kier alpha value is -2.49. The van der Waals surface area contributed by atoms with Crippen molar-refractivity contribution in [2.75, 3.05) is 31.1 Å². The van der Waals surface area contributed by atoms with Crippen molar-refractivity contribution < 1.29 is 17.6 Å². The van der Waals surface area contributed by atoms with Gasteiger partial charge in [-0.25, -0.2) is 12.8 Å². The molecule has 0 spiro atoms. The number of nitrogens with two attached hydrogens (primary N) is 1. The number of halogens is 1. The van der Waals surface area contributed by atoms with Crippen LogP contribution in [0, 0.1) is 5.82 Å². The Kier molecular flexibility index (Phi) is 7.25. The van der Waals surface area contributed by atoms with Crippen LogP contribution in [0.3, 0.4) is 0 Å². The Morgan fingerprint density at radius 1 is 1.09 bits per heavy atom. The van der Waals surface area contributed by atoms with Crippen molar-refractivity contribution in [2.45, 2.75) is 51.1 Å². The summed E-state index contributed by atoms with van der Waals surface area (Å²) < 4.78 is 43.7. The second-order valence-corrected chi connectivity index (χ2v) is 11.3. The maximum Gasteiger partial charge on any atom is 0.221 e. The van der Waals surface area contributed by atoms with Crippen LogP contribution in [0.15, 0.2) is 42.5 Å². The standard InChI is InChI=1S/C25H33FN4O3S/c1-18-6-9-25(21-5-3-4-20(14-21)16-27)34(32,33)30(18)17-22-7-8-23(15-24(22)26)29-12-10-28(11-13-29)19(2)31/h3-5,7-8,14-15,18,25H,6,9-13,16-17,27H2,1-2H3/t18-,25?/m0/s1. The van der Waals surface area contributed by atoms with Crippen molar-refractivity contribution in [1.82, 2.24) is 9.21 Å². The van der Waals surface area contributed by atoms with E-state index in [9.17, 15) is 13.2 Å². The van der Waals surface area contributed by atoms with E-state index in [2.05, 4.69) is 0 Å². The summed E-state index contributed by atoms with van der Waals surface area (Å²) in [6.07, 6.45) is 1.23. The van der Waals surface area contributed by atoms with Gasteiger partial charge in [-0.05, 0) is 43.0 Å². The number of nitrogens with zero attached hydrogens (tertiary/aromatic N) is 3. The molecule has 2 saturated heterocycles. The van der Waals surface area contributed by atoms with Crippen LogP contribution < -0.4 is 10.6 Å². The van der Waals surface area contributed by atoms with E-state index >= 15 is 4.39 Å². The summed E-state index contributed by atoms with van der Waals surface area (Å²) in [5.41, 5.74) is 8.48. The first-order valence-corrected chi connectivity index (χ1v) is 13.3. The first-order valence-electron chi connectivity index (χ1n) is 11.8. The molecular weight excluding hydrogens is 455 g/mol. The van der Waals surface area contributed by atoms with Crippen molar-refractivity contribution in [3.05, 3.63) is 65.0 Å². The van der Waals surface area contributed by atoms with Crippen LogP contribution >= 0.6 is 0 Å². The molecule has 7 nitrogen and oxygen atoms in total. The van der Waals surface area contributed by atoms with Gasteiger partial charge in [0, 0.05) is 63.5 Å². The fraction of sp³-hybridized carbons (Fsp3) is 0.480. The Bertz CT molecular complexity index is 1150. The van der Waals surface area contributed by atoms with E-state index in [0.29, 0.717) is 51.1 Å².